The summed E-state index contributed by atoms with van der Waals surface area (Å²) in [5.74, 6) is -0.134. The third kappa shape index (κ3) is 5.47. The number of hydrogen-bond donors (Lipinski definition) is 1. The van der Waals surface area contributed by atoms with Gasteiger partial charge >= 0.3 is 5.97 Å². The molecule has 0 saturated carbocycles. The SMILES string of the molecule is CCOC(=O)C(CCN1CCN(C(C)C)CC1)NC. The number of nitrogens with zero attached hydrogens (tertiary/aromatic N) is 2. The minimum Gasteiger partial charge on any atom is -0.465 e. The molecule has 0 radical (unpaired) electrons. The Morgan fingerprint density at radius 3 is 2.37 bits per heavy atom. The van der Waals surface area contributed by atoms with Crippen LogP contribution < -0.4 is 5.32 Å². The number of carbonyl (C=O) groups excluding carboxylic acids is 1. The van der Waals surface area contributed by atoms with Crippen LogP contribution in [0.5, 0.6) is 0 Å². The van der Waals surface area contributed by atoms with Gasteiger partial charge in [-0.3, -0.25) is 9.69 Å². The van der Waals surface area contributed by atoms with E-state index in [4.69, 9.17) is 4.74 Å². The second-order valence-electron chi connectivity index (χ2n) is 5.35. The van der Waals surface area contributed by atoms with Gasteiger partial charge in [-0.15, -0.1) is 0 Å². The highest BCUT2D eigenvalue weighted by molar-refractivity contribution is 5.75. The number of esters is 1. The number of hydrogen-bond acceptors (Lipinski definition) is 5. The summed E-state index contributed by atoms with van der Waals surface area (Å²) in [5.41, 5.74) is 0. The molecule has 1 rings (SSSR count). The zero-order chi connectivity index (χ0) is 14.3. The molecule has 19 heavy (non-hydrogen) atoms. The second kappa shape index (κ2) is 8.51. The molecule has 1 aliphatic heterocycles. The highest BCUT2D eigenvalue weighted by atomic mass is 16.5. The van der Waals surface area contributed by atoms with Gasteiger partial charge in [0, 0.05) is 38.8 Å². The fraction of sp³-hybridized carbons (Fsp3) is 0.929. The van der Waals surface area contributed by atoms with Crippen molar-refractivity contribution >= 4 is 5.97 Å². The monoisotopic (exact) mass is 271 g/mol. The van der Waals surface area contributed by atoms with Crippen LogP contribution in [0.25, 0.3) is 0 Å². The van der Waals surface area contributed by atoms with Crippen molar-refractivity contribution in [1.29, 1.82) is 0 Å². The number of ether oxygens (including phenoxy) is 1. The molecule has 0 spiro atoms. The molecule has 1 aliphatic rings. The minimum absolute atomic E-state index is 0.134. The number of rotatable bonds is 7. The van der Waals surface area contributed by atoms with Gasteiger partial charge in [0.05, 0.1) is 6.61 Å². The van der Waals surface area contributed by atoms with Gasteiger partial charge in [0.1, 0.15) is 6.04 Å². The van der Waals surface area contributed by atoms with Crippen LogP contribution in [0.15, 0.2) is 0 Å². The first-order chi connectivity index (χ1) is 9.08. The van der Waals surface area contributed by atoms with E-state index >= 15 is 0 Å². The molecule has 0 aliphatic carbocycles. The number of likely N-dealkylation sites (N-methyl/N-ethyl adjacent to an activating group) is 1. The van der Waals surface area contributed by atoms with Crippen molar-refractivity contribution in [3.63, 3.8) is 0 Å². The molecule has 5 heteroatoms. The molecule has 1 N–H and O–H groups in total. The zero-order valence-corrected chi connectivity index (χ0v) is 12.8. The molecule has 5 nitrogen and oxygen atoms in total. The molecule has 1 heterocycles. The average Bonchev–Trinajstić information content (AvgIpc) is 2.40. The van der Waals surface area contributed by atoms with Crippen molar-refractivity contribution < 1.29 is 9.53 Å². The Hall–Kier alpha value is -0.650. The van der Waals surface area contributed by atoms with E-state index in [2.05, 4.69) is 29.0 Å². The van der Waals surface area contributed by atoms with Crippen molar-refractivity contribution in [1.82, 2.24) is 15.1 Å². The Balaban J connectivity index is 2.27. The first-order valence-corrected chi connectivity index (χ1v) is 7.38. The van der Waals surface area contributed by atoms with Crippen molar-refractivity contribution in [2.45, 2.75) is 39.3 Å². The molecule has 0 aromatic rings. The van der Waals surface area contributed by atoms with E-state index in [1.54, 1.807) is 0 Å². The summed E-state index contributed by atoms with van der Waals surface area (Å²) in [5, 5.41) is 3.04. The summed E-state index contributed by atoms with van der Waals surface area (Å²) < 4.78 is 5.06. The fourth-order valence-electron chi connectivity index (χ4n) is 2.44. The lowest BCUT2D eigenvalue weighted by atomic mass is 10.2. The number of piperazine rings is 1. The van der Waals surface area contributed by atoms with E-state index in [0.717, 1.165) is 39.1 Å². The number of nitrogens with one attached hydrogen (secondary N) is 1. The highest BCUT2D eigenvalue weighted by Gasteiger charge is 2.22. The number of carbonyl (C=O) groups is 1. The van der Waals surface area contributed by atoms with Gasteiger partial charge in [-0.1, -0.05) is 0 Å². The first kappa shape index (κ1) is 16.4. The Bertz CT molecular complexity index is 263. The van der Waals surface area contributed by atoms with Gasteiger partial charge in [-0.05, 0) is 34.2 Å². The average molecular weight is 271 g/mol. The zero-order valence-electron chi connectivity index (χ0n) is 12.8. The maximum absolute atomic E-state index is 11.7. The van der Waals surface area contributed by atoms with Crippen LogP contribution in [-0.4, -0.2) is 74.2 Å². The molecule has 1 saturated heterocycles. The molecule has 0 aromatic heterocycles. The molecular formula is C14H29N3O2. The van der Waals surface area contributed by atoms with Crippen LogP contribution in [0.4, 0.5) is 0 Å². The lowest BCUT2D eigenvalue weighted by Gasteiger charge is -2.37. The molecule has 0 amide bonds. The predicted octanol–water partition coefficient (Wildman–Crippen LogP) is 0.554. The quantitative estimate of drug-likeness (QED) is 0.685. The third-order valence-electron chi connectivity index (χ3n) is 3.79. The Morgan fingerprint density at radius 2 is 1.89 bits per heavy atom. The summed E-state index contributed by atoms with van der Waals surface area (Å²) in [6, 6.07) is 0.454. The summed E-state index contributed by atoms with van der Waals surface area (Å²) in [7, 11) is 1.82. The standard InChI is InChI=1S/C14H29N3O2/c1-5-19-14(18)13(15-4)6-7-16-8-10-17(11-9-16)12(2)3/h12-13,15H,5-11H2,1-4H3. The fourth-order valence-corrected chi connectivity index (χ4v) is 2.44. The van der Waals surface area contributed by atoms with Gasteiger partial charge in [0.15, 0.2) is 0 Å². The van der Waals surface area contributed by atoms with E-state index in [1.165, 1.54) is 0 Å². The maximum Gasteiger partial charge on any atom is 0.323 e. The molecular weight excluding hydrogens is 242 g/mol. The van der Waals surface area contributed by atoms with Crippen LogP contribution >= 0.6 is 0 Å². The Morgan fingerprint density at radius 1 is 1.26 bits per heavy atom. The van der Waals surface area contributed by atoms with Gasteiger partial charge in [-0.25, -0.2) is 0 Å². The normalized spacial score (nSPS) is 19.6. The van der Waals surface area contributed by atoms with Gasteiger partial charge in [-0.2, -0.15) is 0 Å². The van der Waals surface area contributed by atoms with E-state index in [-0.39, 0.29) is 12.0 Å². The van der Waals surface area contributed by atoms with E-state index in [9.17, 15) is 4.79 Å². The van der Waals surface area contributed by atoms with Crippen molar-refractivity contribution in [3.05, 3.63) is 0 Å². The van der Waals surface area contributed by atoms with Crippen LogP contribution in [0.3, 0.4) is 0 Å². The lowest BCUT2D eigenvalue weighted by molar-refractivity contribution is -0.145. The molecule has 112 valence electrons. The lowest BCUT2D eigenvalue weighted by Crippen LogP contribution is -2.50. The van der Waals surface area contributed by atoms with E-state index in [0.29, 0.717) is 12.6 Å². The molecule has 1 fully saturated rings. The van der Waals surface area contributed by atoms with Crippen molar-refractivity contribution in [2.75, 3.05) is 46.4 Å². The van der Waals surface area contributed by atoms with E-state index in [1.807, 2.05) is 14.0 Å². The summed E-state index contributed by atoms with van der Waals surface area (Å²) in [4.78, 5) is 16.6. The summed E-state index contributed by atoms with van der Waals surface area (Å²) in [6.45, 7) is 12.2. The Labute approximate surface area is 117 Å². The van der Waals surface area contributed by atoms with Gasteiger partial charge < -0.3 is 15.0 Å². The van der Waals surface area contributed by atoms with Crippen molar-refractivity contribution in [3.8, 4) is 0 Å². The van der Waals surface area contributed by atoms with Crippen LogP contribution in [0.1, 0.15) is 27.2 Å². The van der Waals surface area contributed by atoms with Gasteiger partial charge in [0.25, 0.3) is 0 Å². The summed E-state index contributed by atoms with van der Waals surface area (Å²) in [6.07, 6.45) is 0.816. The largest absolute Gasteiger partial charge is 0.465 e. The van der Waals surface area contributed by atoms with Crippen LogP contribution in [0, 0.1) is 0 Å². The first-order valence-electron chi connectivity index (χ1n) is 7.38. The van der Waals surface area contributed by atoms with Crippen molar-refractivity contribution in [2.24, 2.45) is 0 Å². The second-order valence-corrected chi connectivity index (χ2v) is 5.35. The predicted molar refractivity (Wildman–Crippen MR) is 77.2 cm³/mol. The molecule has 1 atom stereocenters. The molecule has 1 unspecified atom stereocenters. The molecule has 0 aromatic carbocycles. The minimum atomic E-state index is -0.178. The Kier molecular flexibility index (Phi) is 7.34. The van der Waals surface area contributed by atoms with Crippen LogP contribution in [-0.2, 0) is 9.53 Å². The van der Waals surface area contributed by atoms with Gasteiger partial charge in [0.2, 0.25) is 0 Å². The topological polar surface area (TPSA) is 44.8 Å². The summed E-state index contributed by atoms with van der Waals surface area (Å²) >= 11 is 0. The highest BCUT2D eigenvalue weighted by Crippen LogP contribution is 2.07. The molecule has 0 bridgehead atoms. The van der Waals surface area contributed by atoms with E-state index < -0.39 is 0 Å². The smallest absolute Gasteiger partial charge is 0.323 e. The maximum atomic E-state index is 11.7. The van der Waals surface area contributed by atoms with Crippen LogP contribution in [0.2, 0.25) is 0 Å². The third-order valence-corrected chi connectivity index (χ3v) is 3.79.